The standard InChI is InChI=1S/C27H25ClN2O4S/c1-2-34-27(33)22-16-21(12-13-23(22)28)29-25(32)19-8-10-20(11-9-19)26-30(24(31)17-35-26)15-14-18-6-4-3-5-7-18/h3-13,16,26H,2,14-15,17H2,1H3,(H,29,32)/t26-/m1/s1. The Hall–Kier alpha value is -3.29. The second-order valence-corrected chi connectivity index (χ2v) is 9.45. The first-order valence-electron chi connectivity index (χ1n) is 11.3. The molecule has 1 heterocycles. The van der Waals surface area contributed by atoms with Crippen LogP contribution in [0.15, 0.2) is 72.8 Å². The smallest absolute Gasteiger partial charge is 0.339 e. The topological polar surface area (TPSA) is 75.7 Å². The summed E-state index contributed by atoms with van der Waals surface area (Å²) in [5, 5.41) is 2.97. The summed E-state index contributed by atoms with van der Waals surface area (Å²) in [6.07, 6.45) is 0.791. The number of nitrogens with one attached hydrogen (secondary N) is 1. The second-order valence-electron chi connectivity index (χ2n) is 7.98. The van der Waals surface area contributed by atoms with E-state index in [-0.39, 0.29) is 34.4 Å². The number of halogens is 1. The zero-order valence-electron chi connectivity index (χ0n) is 19.2. The number of amides is 2. The molecule has 0 spiro atoms. The van der Waals surface area contributed by atoms with Gasteiger partial charge in [-0.15, -0.1) is 11.8 Å². The molecular formula is C27H25ClN2O4S. The molecule has 4 rings (SSSR count). The van der Waals surface area contributed by atoms with E-state index in [1.165, 1.54) is 11.6 Å². The van der Waals surface area contributed by atoms with E-state index in [9.17, 15) is 14.4 Å². The number of benzene rings is 3. The molecule has 6 nitrogen and oxygen atoms in total. The molecule has 2 amide bonds. The number of carbonyl (C=O) groups is 3. The molecule has 0 unspecified atom stereocenters. The van der Waals surface area contributed by atoms with Gasteiger partial charge in [-0.05, 0) is 54.8 Å². The Morgan fingerprint density at radius 2 is 1.83 bits per heavy atom. The van der Waals surface area contributed by atoms with E-state index in [1.54, 1.807) is 43.0 Å². The van der Waals surface area contributed by atoms with Crippen molar-refractivity contribution in [1.29, 1.82) is 0 Å². The highest BCUT2D eigenvalue weighted by Crippen LogP contribution is 2.38. The maximum absolute atomic E-state index is 12.8. The average Bonchev–Trinajstić information content (AvgIpc) is 3.24. The fraction of sp³-hybridized carbons (Fsp3) is 0.222. The van der Waals surface area contributed by atoms with Gasteiger partial charge in [0, 0.05) is 17.8 Å². The average molecular weight is 509 g/mol. The van der Waals surface area contributed by atoms with Gasteiger partial charge >= 0.3 is 5.97 Å². The highest BCUT2D eigenvalue weighted by atomic mass is 35.5. The van der Waals surface area contributed by atoms with Crippen molar-refractivity contribution >= 4 is 46.8 Å². The SMILES string of the molecule is CCOC(=O)c1cc(NC(=O)c2ccc([C@H]3SCC(=O)N3CCc3ccccc3)cc2)ccc1Cl. The molecule has 0 aromatic heterocycles. The molecule has 1 atom stereocenters. The van der Waals surface area contributed by atoms with Gasteiger partial charge in [0.25, 0.3) is 5.91 Å². The predicted octanol–water partition coefficient (Wildman–Crippen LogP) is 5.59. The minimum atomic E-state index is -0.543. The summed E-state index contributed by atoms with van der Waals surface area (Å²) in [6, 6.07) is 22.0. The van der Waals surface area contributed by atoms with Crippen LogP contribution in [0.4, 0.5) is 5.69 Å². The second kappa shape index (κ2) is 11.4. The Balaban J connectivity index is 1.42. The summed E-state index contributed by atoms with van der Waals surface area (Å²) in [7, 11) is 0. The predicted molar refractivity (Wildman–Crippen MR) is 139 cm³/mol. The molecule has 0 saturated carbocycles. The number of anilines is 1. The van der Waals surface area contributed by atoms with Crippen LogP contribution in [0.1, 0.15) is 44.1 Å². The Bertz CT molecular complexity index is 1220. The van der Waals surface area contributed by atoms with Crippen LogP contribution in [0.2, 0.25) is 5.02 Å². The maximum atomic E-state index is 12.8. The lowest BCUT2D eigenvalue weighted by Gasteiger charge is -2.24. The third-order valence-electron chi connectivity index (χ3n) is 5.63. The fourth-order valence-electron chi connectivity index (χ4n) is 3.84. The van der Waals surface area contributed by atoms with Gasteiger partial charge in [-0.25, -0.2) is 4.79 Å². The van der Waals surface area contributed by atoms with Crippen molar-refractivity contribution in [2.75, 3.05) is 24.2 Å². The van der Waals surface area contributed by atoms with Gasteiger partial charge in [0.05, 0.1) is 22.9 Å². The summed E-state index contributed by atoms with van der Waals surface area (Å²) in [6.45, 7) is 2.58. The van der Waals surface area contributed by atoms with Gasteiger partial charge in [-0.1, -0.05) is 54.1 Å². The van der Waals surface area contributed by atoms with Crippen LogP contribution in [0.25, 0.3) is 0 Å². The van der Waals surface area contributed by atoms with E-state index >= 15 is 0 Å². The van der Waals surface area contributed by atoms with Crippen LogP contribution in [-0.4, -0.2) is 41.6 Å². The van der Waals surface area contributed by atoms with E-state index in [4.69, 9.17) is 16.3 Å². The Morgan fingerprint density at radius 1 is 1.09 bits per heavy atom. The molecule has 1 aliphatic rings. The van der Waals surface area contributed by atoms with Crippen LogP contribution in [0.5, 0.6) is 0 Å². The number of esters is 1. The molecule has 8 heteroatoms. The summed E-state index contributed by atoms with van der Waals surface area (Å²) >= 11 is 7.69. The third kappa shape index (κ3) is 6.05. The molecule has 35 heavy (non-hydrogen) atoms. The zero-order valence-corrected chi connectivity index (χ0v) is 20.8. The first kappa shape index (κ1) is 24.8. The van der Waals surface area contributed by atoms with Gasteiger partial charge in [0.15, 0.2) is 0 Å². The number of nitrogens with zero attached hydrogens (tertiary/aromatic N) is 1. The summed E-state index contributed by atoms with van der Waals surface area (Å²) in [4.78, 5) is 39.2. The third-order valence-corrected chi connectivity index (χ3v) is 7.22. The van der Waals surface area contributed by atoms with Crippen molar-refractivity contribution in [1.82, 2.24) is 4.90 Å². The van der Waals surface area contributed by atoms with Crippen LogP contribution in [0.3, 0.4) is 0 Å². The van der Waals surface area contributed by atoms with Gasteiger partial charge in [0.2, 0.25) is 5.91 Å². The van der Waals surface area contributed by atoms with Gasteiger partial charge in [-0.2, -0.15) is 0 Å². The number of rotatable bonds is 8. The molecule has 0 bridgehead atoms. The van der Waals surface area contributed by atoms with Crippen molar-refractivity contribution in [3.05, 3.63) is 100 Å². The lowest BCUT2D eigenvalue weighted by Crippen LogP contribution is -2.30. The van der Waals surface area contributed by atoms with Crippen LogP contribution in [-0.2, 0) is 16.0 Å². The van der Waals surface area contributed by atoms with Gasteiger partial charge in [-0.3, -0.25) is 9.59 Å². The van der Waals surface area contributed by atoms with E-state index in [2.05, 4.69) is 17.4 Å². The Morgan fingerprint density at radius 3 is 2.54 bits per heavy atom. The molecule has 3 aromatic carbocycles. The molecule has 3 aromatic rings. The highest BCUT2D eigenvalue weighted by Gasteiger charge is 2.32. The minimum Gasteiger partial charge on any atom is -0.462 e. The van der Waals surface area contributed by atoms with Crippen molar-refractivity contribution in [2.45, 2.75) is 18.7 Å². The van der Waals surface area contributed by atoms with Crippen LogP contribution in [0, 0.1) is 0 Å². The fourth-order valence-corrected chi connectivity index (χ4v) is 5.25. The first-order chi connectivity index (χ1) is 17.0. The molecule has 1 fully saturated rings. The van der Waals surface area contributed by atoms with E-state index in [1.807, 2.05) is 35.2 Å². The number of thioether (sulfide) groups is 1. The van der Waals surface area contributed by atoms with Gasteiger partial charge < -0.3 is 15.0 Å². The van der Waals surface area contributed by atoms with Crippen LogP contribution >= 0.6 is 23.4 Å². The Labute approximate surface area is 213 Å². The number of carbonyl (C=O) groups excluding carboxylic acids is 3. The summed E-state index contributed by atoms with van der Waals surface area (Å²) in [5.74, 6) is -0.290. The number of ether oxygens (including phenoxy) is 1. The highest BCUT2D eigenvalue weighted by molar-refractivity contribution is 8.00. The van der Waals surface area contributed by atoms with E-state index in [0.29, 0.717) is 23.5 Å². The molecule has 0 aliphatic carbocycles. The first-order valence-corrected chi connectivity index (χ1v) is 12.7. The lowest BCUT2D eigenvalue weighted by atomic mass is 10.1. The largest absolute Gasteiger partial charge is 0.462 e. The summed E-state index contributed by atoms with van der Waals surface area (Å²) in [5.41, 5.74) is 3.26. The quantitative estimate of drug-likeness (QED) is 0.402. The normalized spacial score (nSPS) is 15.2. The molecule has 0 radical (unpaired) electrons. The van der Waals surface area contributed by atoms with Crippen LogP contribution < -0.4 is 5.32 Å². The maximum Gasteiger partial charge on any atom is 0.339 e. The van der Waals surface area contributed by atoms with E-state index in [0.717, 1.165) is 12.0 Å². The van der Waals surface area contributed by atoms with Gasteiger partial charge in [0.1, 0.15) is 5.37 Å². The van der Waals surface area contributed by atoms with Crippen molar-refractivity contribution in [2.24, 2.45) is 0 Å². The molecule has 1 N–H and O–H groups in total. The zero-order chi connectivity index (χ0) is 24.8. The Kier molecular flexibility index (Phi) is 8.10. The monoisotopic (exact) mass is 508 g/mol. The number of hydrogen-bond acceptors (Lipinski definition) is 5. The molecule has 180 valence electrons. The van der Waals surface area contributed by atoms with Crippen molar-refractivity contribution in [3.63, 3.8) is 0 Å². The molecule has 1 aliphatic heterocycles. The summed E-state index contributed by atoms with van der Waals surface area (Å²) < 4.78 is 5.01. The minimum absolute atomic E-state index is 0.0771. The van der Waals surface area contributed by atoms with Crippen molar-refractivity contribution < 1.29 is 19.1 Å². The molecular weight excluding hydrogens is 484 g/mol. The number of hydrogen-bond donors (Lipinski definition) is 1. The lowest BCUT2D eigenvalue weighted by molar-refractivity contribution is -0.128. The van der Waals surface area contributed by atoms with E-state index < -0.39 is 5.97 Å². The van der Waals surface area contributed by atoms with Crippen molar-refractivity contribution in [3.8, 4) is 0 Å². The molecule has 1 saturated heterocycles.